The Morgan fingerprint density at radius 3 is 2.85 bits per heavy atom. The fourth-order valence-corrected chi connectivity index (χ4v) is 5.42. The van der Waals surface area contributed by atoms with E-state index in [4.69, 9.17) is 4.74 Å². The maximum Gasteiger partial charge on any atom is 0.414 e. The zero-order chi connectivity index (χ0) is 23.4. The molecule has 1 aliphatic carbocycles. The van der Waals surface area contributed by atoms with Crippen LogP contribution < -0.4 is 4.90 Å². The van der Waals surface area contributed by atoms with Crippen molar-refractivity contribution in [1.82, 2.24) is 24.9 Å². The van der Waals surface area contributed by atoms with E-state index in [1.54, 1.807) is 35.4 Å². The second-order valence-electron chi connectivity index (χ2n) is 9.16. The van der Waals surface area contributed by atoms with Crippen LogP contribution in [0.2, 0.25) is 0 Å². The summed E-state index contributed by atoms with van der Waals surface area (Å²) < 4.78 is 22.1. The van der Waals surface area contributed by atoms with Crippen molar-refractivity contribution in [1.29, 1.82) is 5.26 Å². The van der Waals surface area contributed by atoms with E-state index >= 15 is 4.39 Å². The number of carbonyl (C=O) groups is 1. The number of halogens is 1. The lowest BCUT2D eigenvalue weighted by Gasteiger charge is -2.23. The molecule has 1 aromatic carbocycles. The van der Waals surface area contributed by atoms with Crippen molar-refractivity contribution < 1.29 is 13.9 Å². The summed E-state index contributed by atoms with van der Waals surface area (Å²) in [5.74, 6) is 0.433. The number of ether oxygens (including phenoxy) is 1. The van der Waals surface area contributed by atoms with Crippen LogP contribution in [-0.4, -0.2) is 57.2 Å². The minimum atomic E-state index is -0.516. The van der Waals surface area contributed by atoms with Gasteiger partial charge in [0.15, 0.2) is 0 Å². The van der Waals surface area contributed by atoms with Crippen molar-refractivity contribution in [2.45, 2.75) is 18.7 Å². The molecule has 3 aliphatic rings. The number of anilines is 1. The van der Waals surface area contributed by atoms with Crippen LogP contribution in [-0.2, 0) is 11.3 Å². The van der Waals surface area contributed by atoms with Gasteiger partial charge in [0.2, 0.25) is 0 Å². The van der Waals surface area contributed by atoms with E-state index in [1.807, 2.05) is 12.1 Å². The van der Waals surface area contributed by atoms with E-state index in [1.165, 1.54) is 11.0 Å². The van der Waals surface area contributed by atoms with Crippen LogP contribution in [0.4, 0.5) is 14.9 Å². The average Bonchev–Trinajstić information content (AvgIpc) is 3.20. The first-order chi connectivity index (χ1) is 16.5. The molecule has 3 fully saturated rings. The number of nitriles is 1. The number of fused-ring (bicyclic) bond motifs is 1. The zero-order valence-corrected chi connectivity index (χ0v) is 18.5. The lowest BCUT2D eigenvalue weighted by atomic mass is 10.0. The molecule has 9 nitrogen and oxygen atoms in total. The fourth-order valence-electron chi connectivity index (χ4n) is 5.42. The van der Waals surface area contributed by atoms with Crippen molar-refractivity contribution in [3.8, 4) is 17.2 Å². The van der Waals surface area contributed by atoms with E-state index in [2.05, 4.69) is 33.3 Å². The van der Waals surface area contributed by atoms with E-state index in [0.29, 0.717) is 41.7 Å². The quantitative estimate of drug-likeness (QED) is 0.578. The smallest absolute Gasteiger partial charge is 0.414 e. The minimum absolute atomic E-state index is 0.112. The monoisotopic (exact) mass is 459 g/mol. The largest absolute Gasteiger partial charge is 0.442 e. The normalized spacial score (nSPS) is 28.0. The summed E-state index contributed by atoms with van der Waals surface area (Å²) in [5, 5.41) is 16.9. The molecule has 10 heteroatoms. The summed E-state index contributed by atoms with van der Waals surface area (Å²) in [6, 6.07) is 11.0. The predicted molar refractivity (Wildman–Crippen MR) is 119 cm³/mol. The van der Waals surface area contributed by atoms with Gasteiger partial charge < -0.3 is 4.74 Å². The topological polar surface area (TPSA) is 100 Å². The van der Waals surface area contributed by atoms with Crippen LogP contribution in [0.25, 0.3) is 11.1 Å². The number of hydrogen-bond acceptors (Lipinski definition) is 7. The number of piperidine rings is 1. The molecule has 172 valence electrons. The fraction of sp³-hybridized carbons (Fsp3) is 0.375. The van der Waals surface area contributed by atoms with Crippen LogP contribution in [0, 0.1) is 34.9 Å². The Hall–Kier alpha value is -3.84. The van der Waals surface area contributed by atoms with Crippen molar-refractivity contribution in [2.24, 2.45) is 17.8 Å². The summed E-state index contributed by atoms with van der Waals surface area (Å²) in [5.41, 5.74) is 2.41. The number of cyclic esters (lactones) is 1. The highest BCUT2D eigenvalue weighted by atomic mass is 19.1. The molecule has 0 spiro atoms. The summed E-state index contributed by atoms with van der Waals surface area (Å²) in [7, 11) is 2.05. The van der Waals surface area contributed by atoms with Crippen LogP contribution in [0.1, 0.15) is 11.7 Å². The maximum absolute atomic E-state index is 15.1. The SMILES string of the molecule is CN1CC2C(C#N)C2C1c1ccc(-c2ccc(N3C[C@H](Cn4ccnn4)OC3=O)cc2F)cn1. The Bertz CT molecular complexity index is 1270. The van der Waals surface area contributed by atoms with Gasteiger partial charge in [-0.1, -0.05) is 11.3 Å². The molecule has 34 heavy (non-hydrogen) atoms. The molecule has 0 bridgehead atoms. The highest BCUT2D eigenvalue weighted by Crippen LogP contribution is 2.60. The third-order valence-electron chi connectivity index (χ3n) is 7.12. The molecule has 0 N–H and O–H groups in total. The van der Waals surface area contributed by atoms with Crippen molar-refractivity contribution in [2.75, 3.05) is 25.0 Å². The first-order valence-electron chi connectivity index (χ1n) is 11.2. The van der Waals surface area contributed by atoms with Crippen molar-refractivity contribution in [3.63, 3.8) is 0 Å². The number of rotatable bonds is 5. The Balaban J connectivity index is 1.18. The molecule has 0 radical (unpaired) electrons. The highest BCUT2D eigenvalue weighted by Gasteiger charge is 2.61. The second kappa shape index (κ2) is 7.88. The molecule has 2 aliphatic heterocycles. The first kappa shape index (κ1) is 20.7. The average molecular weight is 459 g/mol. The molecule has 2 saturated heterocycles. The Labute approximate surface area is 195 Å². The van der Waals surface area contributed by atoms with Crippen molar-refractivity contribution >= 4 is 11.8 Å². The molecule has 5 atom stereocenters. The maximum atomic E-state index is 15.1. The highest BCUT2D eigenvalue weighted by molar-refractivity contribution is 5.90. The lowest BCUT2D eigenvalue weighted by molar-refractivity contribution is 0.129. The number of benzene rings is 1. The standard InChI is InChI=1S/C24H22FN7O2/c1-30-13-19-18(9-26)22(19)23(30)21-5-2-14(10-27-21)17-4-3-15(8-20(17)25)32-12-16(34-24(32)33)11-31-7-6-28-29-31/h2-8,10,16,18-19,22-23H,11-13H2,1H3/t16-,18?,19?,22?,23?/m0/s1. The summed E-state index contributed by atoms with van der Waals surface area (Å²) >= 11 is 0. The van der Waals surface area contributed by atoms with E-state index < -0.39 is 18.0 Å². The number of likely N-dealkylation sites (tertiary alicyclic amines) is 1. The molecule has 4 heterocycles. The molecule has 6 rings (SSSR count). The molecule has 1 saturated carbocycles. The number of hydrogen-bond donors (Lipinski definition) is 0. The molecule has 4 unspecified atom stereocenters. The van der Waals surface area contributed by atoms with Gasteiger partial charge in [0, 0.05) is 36.0 Å². The molecule has 3 aromatic rings. The van der Waals surface area contributed by atoms with Crippen molar-refractivity contribution in [3.05, 3.63) is 60.4 Å². The Morgan fingerprint density at radius 2 is 2.15 bits per heavy atom. The van der Waals surface area contributed by atoms with Crippen LogP contribution in [0.3, 0.4) is 0 Å². The minimum Gasteiger partial charge on any atom is -0.442 e. The first-order valence-corrected chi connectivity index (χ1v) is 11.2. The van der Waals surface area contributed by atoms with Crippen LogP contribution >= 0.6 is 0 Å². The van der Waals surface area contributed by atoms with Gasteiger partial charge in [-0.05, 0) is 37.2 Å². The number of nitrogens with zero attached hydrogens (tertiary/aromatic N) is 7. The van der Waals surface area contributed by atoms with Gasteiger partial charge in [0.25, 0.3) is 0 Å². The van der Waals surface area contributed by atoms with Gasteiger partial charge in [-0.25, -0.2) is 13.9 Å². The third kappa shape index (κ3) is 3.40. The van der Waals surface area contributed by atoms with Gasteiger partial charge in [-0.3, -0.25) is 14.8 Å². The van der Waals surface area contributed by atoms with Gasteiger partial charge in [0.1, 0.15) is 11.9 Å². The molecular weight excluding hydrogens is 437 g/mol. The molecule has 1 amide bonds. The predicted octanol–water partition coefficient (Wildman–Crippen LogP) is 2.88. The number of pyridine rings is 1. The Kier molecular flexibility index (Phi) is 4.81. The van der Waals surface area contributed by atoms with E-state index in [0.717, 1.165) is 12.2 Å². The zero-order valence-electron chi connectivity index (χ0n) is 18.5. The Morgan fingerprint density at radius 1 is 1.26 bits per heavy atom. The number of amides is 1. The molecule has 2 aromatic heterocycles. The molecular formula is C24H22FN7O2. The van der Waals surface area contributed by atoms with Crippen LogP contribution in [0.5, 0.6) is 0 Å². The van der Waals surface area contributed by atoms with Gasteiger partial charge in [-0.15, -0.1) is 5.10 Å². The van der Waals surface area contributed by atoms with Gasteiger partial charge in [-0.2, -0.15) is 5.26 Å². The summed E-state index contributed by atoms with van der Waals surface area (Å²) in [4.78, 5) is 20.6. The van der Waals surface area contributed by atoms with E-state index in [-0.39, 0.29) is 12.0 Å². The van der Waals surface area contributed by atoms with Gasteiger partial charge in [0.05, 0.1) is 48.7 Å². The number of carbonyl (C=O) groups excluding carboxylic acids is 1. The summed E-state index contributed by atoms with van der Waals surface area (Å²) in [6.07, 6.45) is 4.02. The summed E-state index contributed by atoms with van der Waals surface area (Å²) in [6.45, 7) is 1.59. The van der Waals surface area contributed by atoms with E-state index in [9.17, 15) is 10.1 Å². The number of aromatic nitrogens is 4. The van der Waals surface area contributed by atoms with Gasteiger partial charge >= 0.3 is 6.09 Å². The lowest BCUT2D eigenvalue weighted by Crippen LogP contribution is -2.26. The third-order valence-corrected chi connectivity index (χ3v) is 7.12. The second-order valence-corrected chi connectivity index (χ2v) is 9.16. The van der Waals surface area contributed by atoms with Crippen LogP contribution in [0.15, 0.2) is 48.9 Å².